The minimum absolute atomic E-state index is 0.612. The zero-order chi connectivity index (χ0) is 19.1. The van der Waals surface area contributed by atoms with Crippen LogP contribution in [-0.2, 0) is 13.1 Å². The molecule has 0 radical (unpaired) electrons. The summed E-state index contributed by atoms with van der Waals surface area (Å²) in [4.78, 5) is 17.9. The average Bonchev–Trinajstić information content (AvgIpc) is 2.68. The van der Waals surface area contributed by atoms with E-state index in [9.17, 15) is 0 Å². The number of hydrogen-bond donors (Lipinski definition) is 2. The number of aliphatic imine (C=N–C) groups is 1. The van der Waals surface area contributed by atoms with Crippen molar-refractivity contribution in [3.63, 3.8) is 0 Å². The van der Waals surface area contributed by atoms with Crippen molar-refractivity contribution >= 4 is 5.96 Å². The Morgan fingerprint density at radius 3 is 2.15 bits per heavy atom. The summed E-state index contributed by atoms with van der Waals surface area (Å²) in [5.41, 5.74) is 7.72. The van der Waals surface area contributed by atoms with Gasteiger partial charge in [-0.1, -0.05) is 12.1 Å². The van der Waals surface area contributed by atoms with Gasteiger partial charge >= 0.3 is 0 Å². The van der Waals surface area contributed by atoms with Crippen molar-refractivity contribution in [3.05, 3.63) is 72.5 Å². The fourth-order valence-electron chi connectivity index (χ4n) is 2.81. The summed E-state index contributed by atoms with van der Waals surface area (Å²) in [6.45, 7) is 2.08. The molecule has 1 aliphatic rings. The van der Waals surface area contributed by atoms with Gasteiger partial charge in [-0.05, 0) is 44.4 Å². The first-order chi connectivity index (χ1) is 13.0. The van der Waals surface area contributed by atoms with Gasteiger partial charge in [-0.2, -0.15) is 0 Å². The molecule has 2 aromatic heterocycles. The monoisotopic (exact) mass is 365 g/mol. The minimum atomic E-state index is -0.725. The van der Waals surface area contributed by atoms with E-state index in [1.54, 1.807) is 12.4 Å². The summed E-state index contributed by atoms with van der Waals surface area (Å²) >= 11 is 0. The maximum Gasteiger partial charge on any atom is 0.200 e. The van der Waals surface area contributed by atoms with Crippen LogP contribution in [-0.4, -0.2) is 52.0 Å². The summed E-state index contributed by atoms with van der Waals surface area (Å²) in [5.74, 6) is 0.732. The lowest BCUT2D eigenvalue weighted by atomic mass is 10.1. The Morgan fingerprint density at radius 1 is 1.00 bits per heavy atom. The van der Waals surface area contributed by atoms with E-state index in [0.29, 0.717) is 13.1 Å². The van der Waals surface area contributed by atoms with Crippen LogP contribution in [0.15, 0.2) is 66.1 Å². The third-order valence-corrected chi connectivity index (χ3v) is 4.32. The number of hydrogen-bond acceptors (Lipinski definition) is 7. The second-order valence-corrected chi connectivity index (χ2v) is 6.96. The van der Waals surface area contributed by atoms with Gasteiger partial charge in [0, 0.05) is 31.6 Å². The molecule has 3 N–H and O–H groups in total. The molecule has 0 aromatic carbocycles. The van der Waals surface area contributed by atoms with E-state index >= 15 is 0 Å². The lowest BCUT2D eigenvalue weighted by Crippen LogP contribution is -2.48. The molecule has 3 heterocycles. The normalized spacial score (nSPS) is 18.9. The molecule has 3 rings (SSSR count). The zero-order valence-electron chi connectivity index (χ0n) is 15.9. The van der Waals surface area contributed by atoms with Crippen LogP contribution in [0.3, 0.4) is 0 Å². The fraction of sp³-hybridized carbons (Fsp3) is 0.350. The number of rotatable bonds is 7. The molecule has 0 saturated carbocycles. The SMILES string of the molecule is CN(C)CCC1(N)C=CNC(N(Cc2ccccn2)Cc2ccccn2)=N1. The van der Waals surface area contributed by atoms with Gasteiger partial charge in [0.05, 0.1) is 24.5 Å². The Balaban J connectivity index is 1.83. The first-order valence-corrected chi connectivity index (χ1v) is 9.06. The minimum Gasteiger partial charge on any atom is -0.333 e. The summed E-state index contributed by atoms with van der Waals surface area (Å²) in [6.07, 6.45) is 8.13. The molecule has 27 heavy (non-hydrogen) atoms. The number of pyridine rings is 2. The Kier molecular flexibility index (Phi) is 6.16. The molecule has 1 unspecified atom stereocenters. The lowest BCUT2D eigenvalue weighted by molar-refractivity contribution is 0.338. The van der Waals surface area contributed by atoms with E-state index in [2.05, 4.69) is 25.1 Å². The molecule has 0 saturated heterocycles. The van der Waals surface area contributed by atoms with Crippen molar-refractivity contribution in [2.75, 3.05) is 20.6 Å². The summed E-state index contributed by atoms with van der Waals surface area (Å²) < 4.78 is 0. The Bertz CT molecular complexity index is 732. The Morgan fingerprint density at radius 2 is 1.63 bits per heavy atom. The highest BCUT2D eigenvalue weighted by molar-refractivity contribution is 5.82. The summed E-state index contributed by atoms with van der Waals surface area (Å²) in [6, 6.07) is 11.8. The van der Waals surface area contributed by atoms with E-state index < -0.39 is 5.66 Å². The molecular formula is C20H27N7. The largest absolute Gasteiger partial charge is 0.333 e. The van der Waals surface area contributed by atoms with Crippen LogP contribution in [0, 0.1) is 0 Å². The van der Waals surface area contributed by atoms with Crippen LogP contribution in [0.5, 0.6) is 0 Å². The fourth-order valence-corrected chi connectivity index (χ4v) is 2.81. The quantitative estimate of drug-likeness (QED) is 0.775. The predicted octanol–water partition coefficient (Wildman–Crippen LogP) is 1.56. The van der Waals surface area contributed by atoms with Crippen molar-refractivity contribution < 1.29 is 0 Å². The topological polar surface area (TPSA) is 82.7 Å². The molecule has 0 bridgehead atoms. The average molecular weight is 365 g/mol. The first-order valence-electron chi connectivity index (χ1n) is 9.06. The van der Waals surface area contributed by atoms with Gasteiger partial charge in [0.15, 0.2) is 0 Å². The van der Waals surface area contributed by atoms with Crippen molar-refractivity contribution in [3.8, 4) is 0 Å². The summed E-state index contributed by atoms with van der Waals surface area (Å²) in [5, 5.41) is 3.25. The number of nitrogens with one attached hydrogen (secondary N) is 1. The predicted molar refractivity (Wildman–Crippen MR) is 108 cm³/mol. The molecule has 0 aliphatic carbocycles. The summed E-state index contributed by atoms with van der Waals surface area (Å²) in [7, 11) is 4.07. The molecule has 0 fully saturated rings. The number of guanidine groups is 1. The number of nitrogens with zero attached hydrogens (tertiary/aromatic N) is 5. The van der Waals surface area contributed by atoms with Crippen LogP contribution in [0.2, 0.25) is 0 Å². The highest BCUT2D eigenvalue weighted by Gasteiger charge is 2.26. The molecule has 142 valence electrons. The van der Waals surface area contributed by atoms with Crippen LogP contribution in [0.4, 0.5) is 0 Å². The molecule has 2 aromatic rings. The van der Waals surface area contributed by atoms with Gasteiger partial charge in [-0.25, -0.2) is 4.99 Å². The van der Waals surface area contributed by atoms with E-state index in [0.717, 1.165) is 30.3 Å². The Labute approximate surface area is 160 Å². The Hall–Kier alpha value is -2.77. The van der Waals surface area contributed by atoms with Crippen LogP contribution < -0.4 is 11.1 Å². The third-order valence-electron chi connectivity index (χ3n) is 4.32. The van der Waals surface area contributed by atoms with Gasteiger partial charge in [-0.15, -0.1) is 0 Å². The highest BCUT2D eigenvalue weighted by Crippen LogP contribution is 2.17. The van der Waals surface area contributed by atoms with Crippen molar-refractivity contribution in [1.82, 2.24) is 25.1 Å². The van der Waals surface area contributed by atoms with Crippen LogP contribution in [0.1, 0.15) is 17.8 Å². The highest BCUT2D eigenvalue weighted by atomic mass is 15.3. The molecule has 1 aliphatic heterocycles. The van der Waals surface area contributed by atoms with E-state index in [-0.39, 0.29) is 0 Å². The van der Waals surface area contributed by atoms with Gasteiger partial charge in [0.2, 0.25) is 5.96 Å². The molecule has 0 amide bonds. The standard InChI is InChI=1S/C20H27N7/c1-26(2)14-10-20(21)9-13-24-19(25-20)27(15-17-7-3-5-11-22-17)16-18-8-4-6-12-23-18/h3-9,11-13H,10,14-16,21H2,1-2H3,(H,24,25). The molecule has 1 atom stereocenters. The number of aromatic nitrogens is 2. The second kappa shape index (κ2) is 8.75. The van der Waals surface area contributed by atoms with Gasteiger partial charge in [0.25, 0.3) is 0 Å². The molecule has 7 heteroatoms. The first kappa shape index (κ1) is 19.0. The van der Waals surface area contributed by atoms with E-state index in [4.69, 9.17) is 10.7 Å². The van der Waals surface area contributed by atoms with Gasteiger partial charge < -0.3 is 20.9 Å². The number of nitrogens with two attached hydrogens (primary N) is 1. The lowest BCUT2D eigenvalue weighted by Gasteiger charge is -2.32. The van der Waals surface area contributed by atoms with Crippen molar-refractivity contribution in [2.24, 2.45) is 10.7 Å². The van der Waals surface area contributed by atoms with Crippen LogP contribution in [0.25, 0.3) is 0 Å². The van der Waals surface area contributed by atoms with Gasteiger partial charge in [-0.3, -0.25) is 9.97 Å². The zero-order valence-corrected chi connectivity index (χ0v) is 15.9. The molecule has 7 nitrogen and oxygen atoms in total. The molecular weight excluding hydrogens is 338 g/mol. The smallest absolute Gasteiger partial charge is 0.200 e. The second-order valence-electron chi connectivity index (χ2n) is 6.96. The molecule has 0 spiro atoms. The van der Waals surface area contributed by atoms with Crippen LogP contribution >= 0.6 is 0 Å². The third kappa shape index (κ3) is 5.60. The van der Waals surface area contributed by atoms with Gasteiger partial charge in [0.1, 0.15) is 5.66 Å². The van der Waals surface area contributed by atoms with Crippen molar-refractivity contribution in [2.45, 2.75) is 25.2 Å². The maximum absolute atomic E-state index is 6.52. The van der Waals surface area contributed by atoms with Crippen molar-refractivity contribution in [1.29, 1.82) is 0 Å². The maximum atomic E-state index is 6.52. The van der Waals surface area contributed by atoms with E-state index in [1.807, 2.05) is 62.8 Å². The van der Waals surface area contributed by atoms with E-state index in [1.165, 1.54) is 0 Å².